The Labute approximate surface area is 112 Å². The lowest BCUT2D eigenvalue weighted by atomic mass is 10.1. The topological polar surface area (TPSA) is 94.3 Å². The SMILES string of the molecule is Cc1nc(C(C)(C)NS(=O)(=O)CC2CCCO2)no1. The first-order chi connectivity index (χ1) is 8.78. The predicted molar refractivity (Wildman–Crippen MR) is 68.0 cm³/mol. The van der Waals surface area contributed by atoms with Gasteiger partial charge < -0.3 is 9.26 Å². The van der Waals surface area contributed by atoms with Crippen LogP contribution >= 0.6 is 0 Å². The van der Waals surface area contributed by atoms with E-state index in [9.17, 15) is 8.42 Å². The van der Waals surface area contributed by atoms with Gasteiger partial charge in [-0.3, -0.25) is 0 Å². The second-order valence-corrected chi connectivity index (χ2v) is 7.05. The molecular weight excluding hydrogens is 270 g/mol. The van der Waals surface area contributed by atoms with Crippen LogP contribution in [0, 0.1) is 6.92 Å². The molecule has 7 nitrogen and oxygen atoms in total. The minimum Gasteiger partial charge on any atom is -0.377 e. The Hall–Kier alpha value is -0.990. The van der Waals surface area contributed by atoms with E-state index in [0.29, 0.717) is 18.3 Å². The molecule has 1 aliphatic heterocycles. The monoisotopic (exact) mass is 289 g/mol. The highest BCUT2D eigenvalue weighted by Crippen LogP contribution is 2.20. The maximum absolute atomic E-state index is 12.1. The van der Waals surface area contributed by atoms with Gasteiger partial charge in [-0.15, -0.1) is 0 Å². The minimum absolute atomic E-state index is 0.0345. The summed E-state index contributed by atoms with van der Waals surface area (Å²) in [5.41, 5.74) is -0.908. The summed E-state index contributed by atoms with van der Waals surface area (Å²) in [7, 11) is -3.46. The molecule has 0 radical (unpaired) electrons. The first-order valence-electron chi connectivity index (χ1n) is 6.22. The van der Waals surface area contributed by atoms with Crippen molar-refractivity contribution in [2.75, 3.05) is 12.4 Å². The number of aryl methyl sites for hydroxylation is 1. The van der Waals surface area contributed by atoms with Crippen LogP contribution in [0.4, 0.5) is 0 Å². The van der Waals surface area contributed by atoms with E-state index in [1.165, 1.54) is 0 Å². The number of hydrogen-bond donors (Lipinski definition) is 1. The molecule has 0 aromatic carbocycles. The van der Waals surface area contributed by atoms with E-state index in [1.807, 2.05) is 0 Å². The molecule has 19 heavy (non-hydrogen) atoms. The van der Waals surface area contributed by atoms with Crippen molar-refractivity contribution >= 4 is 10.0 Å². The van der Waals surface area contributed by atoms with Gasteiger partial charge in [0.25, 0.3) is 0 Å². The van der Waals surface area contributed by atoms with Crippen LogP contribution in [0.3, 0.4) is 0 Å². The Bertz CT molecular complexity index is 532. The van der Waals surface area contributed by atoms with Crippen LogP contribution < -0.4 is 4.72 Å². The molecule has 1 aliphatic rings. The first-order valence-corrected chi connectivity index (χ1v) is 7.88. The molecule has 1 N–H and O–H groups in total. The number of nitrogens with zero attached hydrogens (tertiary/aromatic N) is 2. The van der Waals surface area contributed by atoms with Gasteiger partial charge in [-0.25, -0.2) is 13.1 Å². The van der Waals surface area contributed by atoms with Gasteiger partial charge >= 0.3 is 0 Å². The fraction of sp³-hybridized carbons (Fsp3) is 0.818. The average molecular weight is 289 g/mol. The van der Waals surface area contributed by atoms with Gasteiger partial charge in [-0.2, -0.15) is 4.98 Å². The van der Waals surface area contributed by atoms with Gasteiger partial charge in [-0.1, -0.05) is 5.16 Å². The molecule has 0 spiro atoms. The molecule has 0 aliphatic carbocycles. The third kappa shape index (κ3) is 3.74. The van der Waals surface area contributed by atoms with E-state index in [2.05, 4.69) is 14.9 Å². The summed E-state index contributed by atoms with van der Waals surface area (Å²) in [4.78, 5) is 4.06. The molecule has 1 saturated heterocycles. The molecule has 2 heterocycles. The third-order valence-electron chi connectivity index (χ3n) is 2.93. The normalized spacial score (nSPS) is 20.9. The third-order valence-corrected chi connectivity index (χ3v) is 4.56. The molecule has 1 aromatic heterocycles. The lowest BCUT2D eigenvalue weighted by molar-refractivity contribution is 0.127. The van der Waals surface area contributed by atoms with Crippen LogP contribution in [0.5, 0.6) is 0 Å². The van der Waals surface area contributed by atoms with Crippen molar-refractivity contribution in [1.29, 1.82) is 0 Å². The second-order valence-electron chi connectivity index (χ2n) is 5.28. The van der Waals surface area contributed by atoms with E-state index >= 15 is 0 Å². The van der Waals surface area contributed by atoms with Crippen LogP contribution in [0.25, 0.3) is 0 Å². The zero-order chi connectivity index (χ0) is 14.1. The Kier molecular flexibility index (Phi) is 3.93. The number of rotatable bonds is 5. The Morgan fingerprint density at radius 1 is 1.47 bits per heavy atom. The van der Waals surface area contributed by atoms with Crippen LogP contribution in [-0.2, 0) is 20.3 Å². The zero-order valence-electron chi connectivity index (χ0n) is 11.3. The van der Waals surface area contributed by atoms with Crippen molar-refractivity contribution < 1.29 is 17.7 Å². The smallest absolute Gasteiger partial charge is 0.223 e. The van der Waals surface area contributed by atoms with Crippen LogP contribution in [0.2, 0.25) is 0 Å². The predicted octanol–water partition coefficient (Wildman–Crippen LogP) is 0.712. The molecule has 0 amide bonds. The molecule has 0 saturated carbocycles. The summed E-state index contributed by atoms with van der Waals surface area (Å²) < 4.78 is 37.0. The highest BCUT2D eigenvalue weighted by Gasteiger charge is 2.33. The molecule has 0 bridgehead atoms. The van der Waals surface area contributed by atoms with Gasteiger partial charge in [0.2, 0.25) is 15.9 Å². The molecule has 1 fully saturated rings. The van der Waals surface area contributed by atoms with E-state index in [-0.39, 0.29) is 11.9 Å². The van der Waals surface area contributed by atoms with Gasteiger partial charge in [-0.05, 0) is 26.7 Å². The van der Waals surface area contributed by atoms with Crippen LogP contribution in [0.15, 0.2) is 4.52 Å². The second kappa shape index (κ2) is 5.18. The summed E-state index contributed by atoms with van der Waals surface area (Å²) in [6, 6.07) is 0. The van der Waals surface area contributed by atoms with Gasteiger partial charge in [0.1, 0.15) is 0 Å². The summed E-state index contributed by atoms with van der Waals surface area (Å²) in [6.07, 6.45) is 1.47. The Balaban J connectivity index is 2.05. The first kappa shape index (κ1) is 14.4. The summed E-state index contributed by atoms with van der Waals surface area (Å²) >= 11 is 0. The fourth-order valence-electron chi connectivity index (χ4n) is 2.05. The Morgan fingerprint density at radius 3 is 2.74 bits per heavy atom. The van der Waals surface area contributed by atoms with Crippen LogP contribution in [0.1, 0.15) is 38.4 Å². The lowest BCUT2D eigenvalue weighted by Crippen LogP contribution is -2.44. The zero-order valence-corrected chi connectivity index (χ0v) is 12.2. The number of sulfonamides is 1. The molecular formula is C11H19N3O4S. The van der Waals surface area contributed by atoms with E-state index in [1.54, 1.807) is 20.8 Å². The fourth-order valence-corrected chi connectivity index (χ4v) is 3.75. The number of ether oxygens (including phenoxy) is 1. The molecule has 1 aromatic rings. The quantitative estimate of drug-likeness (QED) is 0.858. The Morgan fingerprint density at radius 2 is 2.21 bits per heavy atom. The average Bonchev–Trinajstić information content (AvgIpc) is 2.86. The minimum atomic E-state index is -3.46. The van der Waals surface area contributed by atoms with E-state index < -0.39 is 15.6 Å². The molecule has 8 heteroatoms. The lowest BCUT2D eigenvalue weighted by Gasteiger charge is -2.23. The molecule has 1 unspecified atom stereocenters. The van der Waals surface area contributed by atoms with Gasteiger partial charge in [0.05, 0.1) is 17.4 Å². The summed E-state index contributed by atoms with van der Waals surface area (Å²) in [5.74, 6) is 0.690. The van der Waals surface area contributed by atoms with Crippen molar-refractivity contribution in [2.24, 2.45) is 0 Å². The number of nitrogens with one attached hydrogen (secondary N) is 1. The summed E-state index contributed by atoms with van der Waals surface area (Å²) in [6.45, 7) is 5.69. The van der Waals surface area contributed by atoms with E-state index in [4.69, 9.17) is 9.26 Å². The van der Waals surface area contributed by atoms with E-state index in [0.717, 1.165) is 12.8 Å². The van der Waals surface area contributed by atoms with Crippen LogP contribution in [-0.4, -0.2) is 37.0 Å². The van der Waals surface area contributed by atoms with Crippen molar-refractivity contribution in [1.82, 2.24) is 14.9 Å². The maximum atomic E-state index is 12.1. The molecule has 2 rings (SSSR count). The highest BCUT2D eigenvalue weighted by atomic mass is 32.2. The largest absolute Gasteiger partial charge is 0.377 e. The summed E-state index contributed by atoms with van der Waals surface area (Å²) in [5, 5.41) is 3.76. The highest BCUT2D eigenvalue weighted by molar-refractivity contribution is 7.89. The standard InChI is InChI=1S/C11H19N3O4S/c1-8-12-10(13-18-8)11(2,3)14-19(15,16)7-9-5-4-6-17-9/h9,14H,4-7H2,1-3H3. The van der Waals surface area contributed by atoms with Crippen molar-refractivity contribution in [3.63, 3.8) is 0 Å². The number of hydrogen-bond acceptors (Lipinski definition) is 6. The van der Waals surface area contributed by atoms with Gasteiger partial charge in [0.15, 0.2) is 5.82 Å². The molecule has 108 valence electrons. The van der Waals surface area contributed by atoms with Crippen molar-refractivity contribution in [3.05, 3.63) is 11.7 Å². The van der Waals surface area contributed by atoms with Gasteiger partial charge in [0, 0.05) is 13.5 Å². The molecule has 1 atom stereocenters. The van der Waals surface area contributed by atoms with Crippen molar-refractivity contribution in [2.45, 2.75) is 45.3 Å². The van der Waals surface area contributed by atoms with Crippen molar-refractivity contribution in [3.8, 4) is 0 Å². The maximum Gasteiger partial charge on any atom is 0.223 e. The number of aromatic nitrogens is 2.